The van der Waals surface area contributed by atoms with Gasteiger partial charge in [-0.3, -0.25) is 0 Å². The van der Waals surface area contributed by atoms with Gasteiger partial charge in [-0.05, 0) is 34.5 Å². The van der Waals surface area contributed by atoms with Gasteiger partial charge in [0, 0.05) is 18.7 Å². The van der Waals surface area contributed by atoms with Crippen LogP contribution in [0.2, 0.25) is 0 Å². The van der Waals surface area contributed by atoms with Crippen molar-refractivity contribution in [3.05, 3.63) is 27.7 Å². The largest absolute Gasteiger partial charge is 0.491 e. The summed E-state index contributed by atoms with van der Waals surface area (Å²) in [6.45, 7) is 4.65. The number of hydrogen-bond acceptors (Lipinski definition) is 2. The zero-order chi connectivity index (χ0) is 9.26. The Labute approximate surface area is 98.6 Å². The van der Waals surface area contributed by atoms with Crippen LogP contribution in [-0.2, 0) is 6.54 Å². The molecule has 0 bridgehead atoms. The van der Waals surface area contributed by atoms with E-state index in [0.717, 1.165) is 29.9 Å². The number of hydrogen-bond donors (Lipinski definition) is 1. The van der Waals surface area contributed by atoms with Crippen molar-refractivity contribution in [1.29, 1.82) is 0 Å². The van der Waals surface area contributed by atoms with Gasteiger partial charge in [-0.25, -0.2) is 0 Å². The van der Waals surface area contributed by atoms with Crippen molar-refractivity contribution in [3.8, 4) is 5.75 Å². The highest BCUT2D eigenvalue weighted by Crippen LogP contribution is 2.31. The minimum atomic E-state index is 0. The molecule has 2 rings (SSSR count). The number of rotatable bonds is 0. The Morgan fingerprint density at radius 3 is 3.00 bits per heavy atom. The first-order chi connectivity index (χ1) is 6.27. The van der Waals surface area contributed by atoms with Crippen LogP contribution in [0.15, 0.2) is 16.6 Å². The van der Waals surface area contributed by atoms with E-state index in [2.05, 4.69) is 40.3 Å². The molecule has 1 heterocycles. The van der Waals surface area contributed by atoms with E-state index in [4.69, 9.17) is 4.74 Å². The fourth-order valence-electron chi connectivity index (χ4n) is 1.54. The maximum atomic E-state index is 5.62. The summed E-state index contributed by atoms with van der Waals surface area (Å²) in [5.74, 6) is 0.996. The first kappa shape index (κ1) is 11.8. The lowest BCUT2D eigenvalue weighted by molar-refractivity contribution is 0.324. The summed E-state index contributed by atoms with van der Waals surface area (Å²) >= 11 is 3.51. The van der Waals surface area contributed by atoms with Gasteiger partial charge < -0.3 is 10.1 Å². The molecular formula is C10H13BrClNO. The van der Waals surface area contributed by atoms with E-state index in [0.29, 0.717) is 0 Å². The Bertz CT molecular complexity index is 330. The van der Waals surface area contributed by atoms with Crippen LogP contribution in [0, 0.1) is 6.92 Å². The zero-order valence-corrected chi connectivity index (χ0v) is 10.4. The van der Waals surface area contributed by atoms with E-state index in [1.54, 1.807) is 0 Å². The van der Waals surface area contributed by atoms with Crippen molar-refractivity contribution in [2.24, 2.45) is 0 Å². The number of nitrogens with one attached hydrogen (secondary N) is 1. The van der Waals surface area contributed by atoms with Crippen molar-refractivity contribution >= 4 is 28.3 Å². The highest BCUT2D eigenvalue weighted by atomic mass is 79.9. The molecule has 1 aliphatic rings. The van der Waals surface area contributed by atoms with Crippen LogP contribution in [0.4, 0.5) is 0 Å². The molecular weight excluding hydrogens is 265 g/mol. The normalized spacial score (nSPS) is 14.7. The summed E-state index contributed by atoms with van der Waals surface area (Å²) in [6, 6.07) is 4.25. The molecule has 0 saturated carbocycles. The van der Waals surface area contributed by atoms with Crippen molar-refractivity contribution in [2.45, 2.75) is 13.5 Å². The Hall–Kier alpha value is -0.250. The van der Waals surface area contributed by atoms with Crippen molar-refractivity contribution < 1.29 is 4.74 Å². The minimum Gasteiger partial charge on any atom is -0.491 e. The predicted octanol–water partition coefficient (Wildman–Crippen LogP) is 2.66. The predicted molar refractivity (Wildman–Crippen MR) is 63.3 cm³/mol. The lowest BCUT2D eigenvalue weighted by Crippen LogP contribution is -2.16. The number of benzene rings is 1. The third-order valence-corrected chi connectivity index (χ3v) is 2.69. The fourth-order valence-corrected chi connectivity index (χ4v) is 2.27. The number of halogens is 2. The lowest BCUT2D eigenvalue weighted by atomic mass is 10.1. The molecule has 78 valence electrons. The van der Waals surface area contributed by atoms with Crippen molar-refractivity contribution in [1.82, 2.24) is 5.32 Å². The van der Waals surface area contributed by atoms with Gasteiger partial charge in [0.05, 0.1) is 4.47 Å². The van der Waals surface area contributed by atoms with Crippen LogP contribution in [0.25, 0.3) is 0 Å². The summed E-state index contributed by atoms with van der Waals surface area (Å²) < 4.78 is 6.69. The van der Waals surface area contributed by atoms with Crippen LogP contribution in [0.1, 0.15) is 11.1 Å². The third kappa shape index (κ3) is 2.41. The van der Waals surface area contributed by atoms with Crippen LogP contribution in [0.5, 0.6) is 5.75 Å². The third-order valence-electron chi connectivity index (χ3n) is 2.11. The average Bonchev–Trinajstić information content (AvgIpc) is 2.28. The van der Waals surface area contributed by atoms with E-state index >= 15 is 0 Å². The summed E-state index contributed by atoms with van der Waals surface area (Å²) in [7, 11) is 0. The van der Waals surface area contributed by atoms with E-state index in [1.165, 1.54) is 11.1 Å². The molecule has 1 aromatic rings. The van der Waals surface area contributed by atoms with Crippen LogP contribution in [-0.4, -0.2) is 13.2 Å². The first-order valence-electron chi connectivity index (χ1n) is 4.40. The molecule has 0 fully saturated rings. The molecule has 0 atom stereocenters. The van der Waals surface area contributed by atoms with Crippen molar-refractivity contribution in [3.63, 3.8) is 0 Å². The maximum absolute atomic E-state index is 5.62. The van der Waals surface area contributed by atoms with E-state index in [9.17, 15) is 0 Å². The number of fused-ring (bicyclic) bond motifs is 1. The van der Waals surface area contributed by atoms with E-state index < -0.39 is 0 Å². The molecule has 1 aliphatic heterocycles. The molecule has 2 nitrogen and oxygen atoms in total. The second-order valence-electron chi connectivity index (χ2n) is 3.26. The topological polar surface area (TPSA) is 21.3 Å². The number of ether oxygens (including phenoxy) is 1. The van der Waals surface area contributed by atoms with Gasteiger partial charge >= 0.3 is 0 Å². The Kier molecular flexibility index (Phi) is 4.23. The van der Waals surface area contributed by atoms with Gasteiger partial charge in [0.2, 0.25) is 0 Å². The number of aryl methyl sites for hydroxylation is 1. The van der Waals surface area contributed by atoms with Gasteiger partial charge in [-0.1, -0.05) is 6.07 Å². The Morgan fingerprint density at radius 1 is 1.43 bits per heavy atom. The molecule has 0 amide bonds. The highest BCUT2D eigenvalue weighted by Gasteiger charge is 2.11. The van der Waals surface area contributed by atoms with Gasteiger partial charge in [0.25, 0.3) is 0 Å². The molecule has 1 aromatic carbocycles. The summed E-state index contributed by atoms with van der Waals surface area (Å²) in [5, 5.41) is 3.31. The molecule has 0 unspecified atom stereocenters. The molecule has 14 heavy (non-hydrogen) atoms. The molecule has 4 heteroatoms. The molecule has 0 radical (unpaired) electrons. The second kappa shape index (κ2) is 5.01. The summed E-state index contributed by atoms with van der Waals surface area (Å²) in [5.41, 5.74) is 2.50. The SMILES string of the molecule is Cc1cc(Br)c2c(c1)CNCCO2.Cl. The van der Waals surface area contributed by atoms with Gasteiger partial charge in [0.1, 0.15) is 12.4 Å². The highest BCUT2D eigenvalue weighted by molar-refractivity contribution is 9.10. The Balaban J connectivity index is 0.000000980. The molecule has 0 aliphatic carbocycles. The van der Waals surface area contributed by atoms with Crippen LogP contribution < -0.4 is 10.1 Å². The van der Waals surface area contributed by atoms with E-state index in [1.807, 2.05) is 0 Å². The van der Waals surface area contributed by atoms with Gasteiger partial charge in [0.15, 0.2) is 0 Å². The summed E-state index contributed by atoms with van der Waals surface area (Å²) in [4.78, 5) is 0. The van der Waals surface area contributed by atoms with E-state index in [-0.39, 0.29) is 12.4 Å². The molecule has 0 spiro atoms. The molecule has 0 aromatic heterocycles. The monoisotopic (exact) mass is 277 g/mol. The molecule has 0 saturated heterocycles. The van der Waals surface area contributed by atoms with Crippen LogP contribution >= 0.6 is 28.3 Å². The zero-order valence-electron chi connectivity index (χ0n) is 7.97. The standard InChI is InChI=1S/C10H12BrNO.ClH/c1-7-4-8-6-12-2-3-13-10(8)9(11)5-7;/h4-5,12H,2-3,6H2,1H3;1H. The minimum absolute atomic E-state index is 0. The maximum Gasteiger partial charge on any atom is 0.138 e. The Morgan fingerprint density at radius 2 is 2.21 bits per heavy atom. The van der Waals surface area contributed by atoms with Crippen LogP contribution in [0.3, 0.4) is 0 Å². The quantitative estimate of drug-likeness (QED) is 0.788. The summed E-state index contributed by atoms with van der Waals surface area (Å²) in [6.07, 6.45) is 0. The average molecular weight is 279 g/mol. The lowest BCUT2D eigenvalue weighted by Gasteiger charge is -2.09. The fraction of sp³-hybridized carbons (Fsp3) is 0.400. The van der Waals surface area contributed by atoms with Crippen molar-refractivity contribution in [2.75, 3.05) is 13.2 Å². The van der Waals surface area contributed by atoms with Gasteiger partial charge in [-0.15, -0.1) is 12.4 Å². The smallest absolute Gasteiger partial charge is 0.138 e. The second-order valence-corrected chi connectivity index (χ2v) is 4.11. The molecule has 1 N–H and O–H groups in total. The first-order valence-corrected chi connectivity index (χ1v) is 5.19. The van der Waals surface area contributed by atoms with Gasteiger partial charge in [-0.2, -0.15) is 0 Å².